The van der Waals surface area contributed by atoms with Crippen molar-refractivity contribution in [2.75, 3.05) is 0 Å². The summed E-state index contributed by atoms with van der Waals surface area (Å²) in [7, 11) is 0. The van der Waals surface area contributed by atoms with E-state index in [0.717, 1.165) is 18.4 Å². The molecule has 1 saturated carbocycles. The van der Waals surface area contributed by atoms with Gasteiger partial charge in [0.15, 0.2) is 0 Å². The molecule has 1 N–H and O–H groups in total. The van der Waals surface area contributed by atoms with Crippen LogP contribution in [0.2, 0.25) is 0 Å². The van der Waals surface area contributed by atoms with Gasteiger partial charge in [0.1, 0.15) is 0 Å². The van der Waals surface area contributed by atoms with Crippen molar-refractivity contribution in [1.82, 2.24) is 0 Å². The fourth-order valence-corrected chi connectivity index (χ4v) is 5.15. The molecule has 2 aliphatic carbocycles. The van der Waals surface area contributed by atoms with Gasteiger partial charge in [-0.1, -0.05) is 49.4 Å². The number of rotatable bonds is 2. The summed E-state index contributed by atoms with van der Waals surface area (Å²) in [5.41, 5.74) is 3.20. The van der Waals surface area contributed by atoms with Crippen molar-refractivity contribution in [3.8, 4) is 0 Å². The number of benzene rings is 2. The summed E-state index contributed by atoms with van der Waals surface area (Å²) < 4.78 is 4.58. The first-order valence-electron chi connectivity index (χ1n) is 10.9. The Balaban J connectivity index is 0.000000383. The molecule has 2 aliphatic rings. The molecule has 3 unspecified atom stereocenters. The van der Waals surface area contributed by atoms with Crippen molar-refractivity contribution in [2.24, 2.45) is 11.3 Å². The first kappa shape index (κ1) is 20.7. The Bertz CT molecular complexity index is 1030. The number of hydrogen-bond donors (Lipinski definition) is 1. The minimum atomic E-state index is -0.830. The second kappa shape index (κ2) is 7.92. The quantitative estimate of drug-likeness (QED) is 0.453. The summed E-state index contributed by atoms with van der Waals surface area (Å²) in [6, 6.07) is 14.4. The Morgan fingerprint density at radius 1 is 1.17 bits per heavy atom. The number of furan rings is 1. The fourth-order valence-electron chi connectivity index (χ4n) is 5.15. The minimum Gasteiger partial charge on any atom is -0.473 e. The van der Waals surface area contributed by atoms with E-state index in [9.17, 15) is 5.11 Å². The average molecular weight is 401 g/mol. The predicted molar refractivity (Wildman–Crippen MR) is 125 cm³/mol. The summed E-state index contributed by atoms with van der Waals surface area (Å²) in [6.45, 7) is 10.2. The second-order valence-corrected chi connectivity index (χ2v) is 9.56. The van der Waals surface area contributed by atoms with Gasteiger partial charge in [0.05, 0.1) is 18.1 Å². The van der Waals surface area contributed by atoms with E-state index in [1.165, 1.54) is 28.3 Å². The van der Waals surface area contributed by atoms with E-state index >= 15 is 0 Å². The molecule has 0 amide bonds. The largest absolute Gasteiger partial charge is 0.473 e. The Labute approximate surface area is 179 Å². The van der Waals surface area contributed by atoms with Crippen LogP contribution in [0.25, 0.3) is 16.8 Å². The molecule has 2 nitrogen and oxygen atoms in total. The standard InChI is InChI=1S/C24H28O.C4H4O/c1-5-24(4)13-12-19-17(15-24)10-11-20-18-9-7-6-8-16(18)14-21(22(19)20)23(2,3)25;1-2-4-5-3-1/h5-11,14,17,19,25H,1,12-13,15H2,2-4H3;1-4H. The van der Waals surface area contributed by atoms with Gasteiger partial charge in [0.2, 0.25) is 0 Å². The molecule has 0 radical (unpaired) electrons. The van der Waals surface area contributed by atoms with Crippen molar-refractivity contribution < 1.29 is 9.52 Å². The first-order valence-corrected chi connectivity index (χ1v) is 10.9. The maximum atomic E-state index is 10.9. The third-order valence-corrected chi connectivity index (χ3v) is 6.83. The van der Waals surface area contributed by atoms with E-state index in [1.807, 2.05) is 26.0 Å². The Morgan fingerprint density at radius 3 is 2.53 bits per heavy atom. The fraction of sp³-hybridized carbons (Fsp3) is 0.357. The average Bonchev–Trinajstić information content (AvgIpc) is 3.32. The first-order chi connectivity index (χ1) is 14.3. The zero-order chi connectivity index (χ0) is 21.4. The highest BCUT2D eigenvalue weighted by Crippen LogP contribution is 2.53. The van der Waals surface area contributed by atoms with Crippen LogP contribution < -0.4 is 0 Å². The minimum absolute atomic E-state index is 0.231. The van der Waals surface area contributed by atoms with Gasteiger partial charge in [-0.05, 0) is 96.0 Å². The highest BCUT2D eigenvalue weighted by atomic mass is 16.3. The SMILES string of the molecule is C=CC1(C)CCC2c3c(C(C)(C)O)cc4ccccc4c3C=CC2C1.c1ccoc1. The van der Waals surface area contributed by atoms with Gasteiger partial charge in [0.25, 0.3) is 0 Å². The molecule has 0 bridgehead atoms. The third-order valence-electron chi connectivity index (χ3n) is 6.83. The van der Waals surface area contributed by atoms with Crippen LogP contribution in [0.3, 0.4) is 0 Å². The maximum Gasteiger partial charge on any atom is 0.0902 e. The Kier molecular flexibility index (Phi) is 5.46. The van der Waals surface area contributed by atoms with Crippen LogP contribution in [0.15, 0.2) is 78.1 Å². The molecule has 0 saturated heterocycles. The molecule has 1 heterocycles. The summed E-state index contributed by atoms with van der Waals surface area (Å²) in [5.74, 6) is 1.03. The Hall–Kier alpha value is -2.58. The van der Waals surface area contributed by atoms with Gasteiger partial charge in [-0.15, -0.1) is 6.58 Å². The van der Waals surface area contributed by atoms with E-state index in [0.29, 0.717) is 11.8 Å². The van der Waals surface area contributed by atoms with E-state index in [-0.39, 0.29) is 5.41 Å². The monoisotopic (exact) mass is 400 g/mol. The molecule has 2 aromatic carbocycles. The van der Waals surface area contributed by atoms with Crippen molar-refractivity contribution in [3.63, 3.8) is 0 Å². The zero-order valence-corrected chi connectivity index (χ0v) is 18.3. The predicted octanol–water partition coefficient (Wildman–Crippen LogP) is 7.45. The summed E-state index contributed by atoms with van der Waals surface area (Å²) in [6.07, 6.45) is 13.6. The van der Waals surface area contributed by atoms with E-state index < -0.39 is 5.60 Å². The van der Waals surface area contributed by atoms with Gasteiger partial charge < -0.3 is 9.52 Å². The van der Waals surface area contributed by atoms with Gasteiger partial charge >= 0.3 is 0 Å². The molecule has 1 aromatic heterocycles. The molecular formula is C28H32O2. The normalized spacial score (nSPS) is 25.1. The molecule has 30 heavy (non-hydrogen) atoms. The molecule has 2 heteroatoms. The lowest BCUT2D eigenvalue weighted by Crippen LogP contribution is -2.32. The molecule has 1 fully saturated rings. The molecule has 3 aromatic rings. The summed E-state index contributed by atoms with van der Waals surface area (Å²) in [5, 5.41) is 13.4. The van der Waals surface area contributed by atoms with Crippen LogP contribution in [0.4, 0.5) is 0 Å². The van der Waals surface area contributed by atoms with Gasteiger partial charge in [-0.2, -0.15) is 0 Å². The van der Waals surface area contributed by atoms with Crippen molar-refractivity contribution in [3.05, 3.63) is 90.4 Å². The molecule has 156 valence electrons. The third kappa shape index (κ3) is 3.89. The van der Waals surface area contributed by atoms with Gasteiger partial charge in [-0.25, -0.2) is 0 Å². The van der Waals surface area contributed by atoms with E-state index in [4.69, 9.17) is 0 Å². The number of allylic oxidation sites excluding steroid dienone is 2. The second-order valence-electron chi connectivity index (χ2n) is 9.56. The smallest absolute Gasteiger partial charge is 0.0902 e. The van der Waals surface area contributed by atoms with Crippen LogP contribution >= 0.6 is 0 Å². The lowest BCUT2D eigenvalue weighted by Gasteiger charge is -2.44. The molecule has 0 spiro atoms. The van der Waals surface area contributed by atoms with Crippen LogP contribution in [-0.4, -0.2) is 5.11 Å². The maximum absolute atomic E-state index is 10.9. The van der Waals surface area contributed by atoms with E-state index in [2.05, 4.69) is 66.5 Å². The number of hydrogen-bond acceptors (Lipinski definition) is 2. The number of aliphatic hydroxyl groups is 1. The van der Waals surface area contributed by atoms with Crippen LogP contribution in [-0.2, 0) is 5.60 Å². The highest BCUT2D eigenvalue weighted by molar-refractivity contribution is 5.94. The van der Waals surface area contributed by atoms with Crippen molar-refractivity contribution in [1.29, 1.82) is 0 Å². The lowest BCUT2D eigenvalue weighted by molar-refractivity contribution is 0.0761. The number of fused-ring (bicyclic) bond motifs is 5. The van der Waals surface area contributed by atoms with Gasteiger partial charge in [0, 0.05) is 0 Å². The zero-order valence-electron chi connectivity index (χ0n) is 18.3. The lowest BCUT2D eigenvalue weighted by atomic mass is 9.61. The van der Waals surface area contributed by atoms with E-state index in [1.54, 1.807) is 12.5 Å². The van der Waals surface area contributed by atoms with Crippen LogP contribution in [0, 0.1) is 11.3 Å². The molecule has 3 atom stereocenters. The molecule has 5 rings (SSSR count). The topological polar surface area (TPSA) is 33.4 Å². The van der Waals surface area contributed by atoms with Crippen molar-refractivity contribution in [2.45, 2.75) is 51.6 Å². The van der Waals surface area contributed by atoms with Crippen LogP contribution in [0.5, 0.6) is 0 Å². The Morgan fingerprint density at radius 2 is 1.90 bits per heavy atom. The molecule has 0 aliphatic heterocycles. The van der Waals surface area contributed by atoms with Gasteiger partial charge in [-0.3, -0.25) is 0 Å². The van der Waals surface area contributed by atoms with Crippen molar-refractivity contribution >= 4 is 16.8 Å². The highest BCUT2D eigenvalue weighted by Gasteiger charge is 2.40. The summed E-state index contributed by atoms with van der Waals surface area (Å²) in [4.78, 5) is 0. The summed E-state index contributed by atoms with van der Waals surface area (Å²) >= 11 is 0. The van der Waals surface area contributed by atoms with Crippen LogP contribution in [0.1, 0.15) is 62.6 Å². The molecular weight excluding hydrogens is 368 g/mol.